The van der Waals surface area contributed by atoms with Crippen LogP contribution in [0.5, 0.6) is 0 Å². The third kappa shape index (κ3) is 3.80. The zero-order valence-corrected chi connectivity index (χ0v) is 12.6. The first-order valence-corrected chi connectivity index (χ1v) is 7.84. The van der Waals surface area contributed by atoms with Gasteiger partial charge < -0.3 is 10.6 Å². The Morgan fingerprint density at radius 3 is 2.68 bits per heavy atom. The van der Waals surface area contributed by atoms with E-state index in [1.807, 2.05) is 17.9 Å². The van der Waals surface area contributed by atoms with E-state index in [-0.39, 0.29) is 11.2 Å². The van der Waals surface area contributed by atoms with Crippen molar-refractivity contribution in [3.8, 4) is 0 Å². The summed E-state index contributed by atoms with van der Waals surface area (Å²) in [5, 5.41) is 0.512. The number of piperidine rings is 1. The maximum atomic E-state index is 12.3. The number of nitrogens with two attached hydrogens (primary N) is 1. The van der Waals surface area contributed by atoms with Crippen molar-refractivity contribution in [2.45, 2.75) is 36.3 Å². The maximum Gasteiger partial charge on any atom is 0.235 e. The van der Waals surface area contributed by atoms with Gasteiger partial charge in [-0.3, -0.25) is 4.79 Å². The van der Waals surface area contributed by atoms with Gasteiger partial charge in [0, 0.05) is 28.7 Å². The van der Waals surface area contributed by atoms with Gasteiger partial charge in [-0.25, -0.2) is 0 Å². The summed E-state index contributed by atoms with van der Waals surface area (Å²) in [5.74, 6) is 0.207. The second kappa shape index (κ2) is 6.53. The lowest BCUT2D eigenvalue weighted by Crippen LogP contribution is -2.40. The van der Waals surface area contributed by atoms with Crippen molar-refractivity contribution in [1.29, 1.82) is 0 Å². The highest BCUT2D eigenvalue weighted by atomic mass is 35.5. The van der Waals surface area contributed by atoms with Gasteiger partial charge in [-0.2, -0.15) is 0 Å². The molecule has 1 unspecified atom stereocenters. The fourth-order valence-corrected chi connectivity index (χ4v) is 3.39. The van der Waals surface area contributed by atoms with Gasteiger partial charge in [0.1, 0.15) is 0 Å². The molecule has 2 N–H and O–H groups in total. The Balaban J connectivity index is 1.99. The zero-order valence-electron chi connectivity index (χ0n) is 11.1. The molecule has 2 rings (SSSR count). The Labute approximate surface area is 123 Å². The fourth-order valence-electron chi connectivity index (χ4n) is 2.24. The van der Waals surface area contributed by atoms with Gasteiger partial charge in [0.15, 0.2) is 0 Å². The van der Waals surface area contributed by atoms with Crippen LogP contribution >= 0.6 is 23.4 Å². The Morgan fingerprint density at radius 2 is 2.05 bits per heavy atom. The van der Waals surface area contributed by atoms with Crippen LogP contribution in [0.15, 0.2) is 23.1 Å². The molecule has 0 bridgehead atoms. The molecule has 3 nitrogen and oxygen atoms in total. The van der Waals surface area contributed by atoms with Crippen LogP contribution < -0.4 is 5.73 Å². The minimum atomic E-state index is -0.110. The lowest BCUT2D eigenvalue weighted by molar-refractivity contribution is -0.131. The van der Waals surface area contributed by atoms with Crippen LogP contribution in [-0.2, 0) is 4.79 Å². The molecule has 1 aliphatic heterocycles. The Hall–Kier alpha value is -0.870. The lowest BCUT2D eigenvalue weighted by Gasteiger charge is -2.29. The first-order chi connectivity index (χ1) is 9.08. The minimum absolute atomic E-state index is 0.110. The lowest BCUT2D eigenvalue weighted by atomic mass is 10.1. The van der Waals surface area contributed by atoms with E-state index in [2.05, 4.69) is 0 Å². The Kier molecular flexibility index (Phi) is 4.99. The summed E-state index contributed by atoms with van der Waals surface area (Å²) in [6, 6.07) is 5.41. The van der Waals surface area contributed by atoms with Crippen LogP contribution in [0.1, 0.15) is 26.2 Å². The van der Waals surface area contributed by atoms with Crippen molar-refractivity contribution in [2.75, 3.05) is 18.8 Å². The number of thioether (sulfide) groups is 1. The molecular weight excluding hydrogens is 280 g/mol. The second-order valence-corrected chi connectivity index (χ2v) is 6.65. The molecule has 104 valence electrons. The molecule has 1 aromatic rings. The largest absolute Gasteiger partial charge is 0.398 e. The molecule has 0 aliphatic carbocycles. The number of benzene rings is 1. The number of nitrogens with zero attached hydrogens (tertiary/aromatic N) is 1. The monoisotopic (exact) mass is 298 g/mol. The molecule has 19 heavy (non-hydrogen) atoms. The number of hydrogen-bond donors (Lipinski definition) is 1. The SMILES string of the molecule is CC(Sc1ccc(Cl)cc1N)C(=O)N1CCCCC1. The van der Waals surface area contributed by atoms with Crippen LogP contribution in [-0.4, -0.2) is 29.1 Å². The molecule has 1 saturated heterocycles. The molecule has 1 aromatic carbocycles. The summed E-state index contributed by atoms with van der Waals surface area (Å²) < 4.78 is 0. The molecule has 1 aliphatic rings. The van der Waals surface area contributed by atoms with Gasteiger partial charge in [-0.1, -0.05) is 11.6 Å². The first-order valence-electron chi connectivity index (χ1n) is 6.58. The smallest absolute Gasteiger partial charge is 0.235 e. The molecule has 1 atom stereocenters. The summed E-state index contributed by atoms with van der Waals surface area (Å²) in [4.78, 5) is 15.2. The summed E-state index contributed by atoms with van der Waals surface area (Å²) >= 11 is 7.38. The standard InChI is InChI=1S/C14H19ClN2OS/c1-10(14(18)17-7-3-2-4-8-17)19-13-6-5-11(15)9-12(13)16/h5-6,9-10H,2-4,7-8,16H2,1H3. The molecule has 1 heterocycles. The van der Waals surface area contributed by atoms with Crippen LogP contribution in [0.3, 0.4) is 0 Å². The van der Waals surface area contributed by atoms with Gasteiger partial charge in [0.05, 0.1) is 5.25 Å². The number of anilines is 1. The number of halogens is 1. The predicted octanol–water partition coefficient (Wildman–Crippen LogP) is 3.42. The highest BCUT2D eigenvalue weighted by Gasteiger charge is 2.23. The Morgan fingerprint density at radius 1 is 1.37 bits per heavy atom. The number of amides is 1. The third-order valence-electron chi connectivity index (χ3n) is 3.29. The quantitative estimate of drug-likeness (QED) is 0.687. The molecule has 0 radical (unpaired) electrons. The van der Waals surface area contributed by atoms with Crippen LogP contribution in [0.25, 0.3) is 0 Å². The molecule has 0 spiro atoms. The number of hydrogen-bond acceptors (Lipinski definition) is 3. The van der Waals surface area contributed by atoms with Gasteiger partial charge in [0.25, 0.3) is 0 Å². The Bertz CT molecular complexity index is 461. The van der Waals surface area contributed by atoms with Gasteiger partial charge in [0.2, 0.25) is 5.91 Å². The van der Waals surface area contributed by atoms with Crippen molar-refractivity contribution in [3.63, 3.8) is 0 Å². The number of rotatable bonds is 3. The molecule has 0 aromatic heterocycles. The molecule has 1 amide bonds. The summed E-state index contributed by atoms with van der Waals surface area (Å²) in [6.07, 6.45) is 3.47. The van der Waals surface area contributed by atoms with Crippen LogP contribution in [0.2, 0.25) is 5.02 Å². The van der Waals surface area contributed by atoms with E-state index in [4.69, 9.17) is 17.3 Å². The summed E-state index contributed by atoms with van der Waals surface area (Å²) in [6.45, 7) is 3.72. The average Bonchev–Trinajstić information content (AvgIpc) is 2.42. The highest BCUT2D eigenvalue weighted by molar-refractivity contribution is 8.00. The normalized spacial score (nSPS) is 17.3. The fraction of sp³-hybridized carbons (Fsp3) is 0.500. The highest BCUT2D eigenvalue weighted by Crippen LogP contribution is 2.31. The van der Waals surface area contributed by atoms with Crippen molar-refractivity contribution < 1.29 is 4.79 Å². The third-order valence-corrected chi connectivity index (χ3v) is 4.71. The van der Waals surface area contributed by atoms with Crippen molar-refractivity contribution in [2.24, 2.45) is 0 Å². The summed E-state index contributed by atoms with van der Waals surface area (Å²) in [7, 11) is 0. The van der Waals surface area contributed by atoms with Crippen LogP contribution in [0, 0.1) is 0 Å². The van der Waals surface area contributed by atoms with Gasteiger partial charge >= 0.3 is 0 Å². The average molecular weight is 299 g/mol. The van der Waals surface area contributed by atoms with Crippen molar-refractivity contribution in [1.82, 2.24) is 4.90 Å². The molecule has 0 saturated carbocycles. The maximum absolute atomic E-state index is 12.3. The number of likely N-dealkylation sites (tertiary alicyclic amines) is 1. The van der Waals surface area contributed by atoms with Crippen molar-refractivity contribution in [3.05, 3.63) is 23.2 Å². The second-order valence-electron chi connectivity index (χ2n) is 4.83. The van der Waals surface area contributed by atoms with E-state index in [1.165, 1.54) is 18.2 Å². The van der Waals surface area contributed by atoms with E-state index in [0.29, 0.717) is 10.7 Å². The predicted molar refractivity (Wildman–Crippen MR) is 81.6 cm³/mol. The van der Waals surface area contributed by atoms with E-state index in [0.717, 1.165) is 30.8 Å². The minimum Gasteiger partial charge on any atom is -0.398 e. The van der Waals surface area contributed by atoms with E-state index in [9.17, 15) is 4.79 Å². The van der Waals surface area contributed by atoms with Crippen molar-refractivity contribution >= 4 is 35.0 Å². The topological polar surface area (TPSA) is 46.3 Å². The number of nitrogen functional groups attached to an aromatic ring is 1. The van der Waals surface area contributed by atoms with E-state index < -0.39 is 0 Å². The van der Waals surface area contributed by atoms with Crippen LogP contribution in [0.4, 0.5) is 5.69 Å². The molecular formula is C14H19ClN2OS. The zero-order chi connectivity index (χ0) is 13.8. The number of carbonyl (C=O) groups is 1. The molecule has 1 fully saturated rings. The van der Waals surface area contributed by atoms with Gasteiger partial charge in [-0.15, -0.1) is 11.8 Å². The summed E-state index contributed by atoms with van der Waals surface area (Å²) in [5.41, 5.74) is 6.55. The number of carbonyl (C=O) groups excluding carboxylic acids is 1. The van der Waals surface area contributed by atoms with E-state index in [1.54, 1.807) is 12.1 Å². The van der Waals surface area contributed by atoms with E-state index >= 15 is 0 Å². The first kappa shape index (κ1) is 14.5. The van der Waals surface area contributed by atoms with Gasteiger partial charge in [-0.05, 0) is 44.4 Å². The molecule has 5 heteroatoms.